The van der Waals surface area contributed by atoms with E-state index in [0.717, 1.165) is 18.6 Å². The number of hydrogen-bond donors (Lipinski definition) is 0. The number of benzene rings is 2. The molecule has 26 heavy (non-hydrogen) atoms. The van der Waals surface area contributed by atoms with Crippen molar-refractivity contribution < 1.29 is 18.7 Å². The number of hydrogen-bond acceptors (Lipinski definition) is 5. The molecule has 0 fully saturated rings. The quantitative estimate of drug-likeness (QED) is 0.462. The minimum absolute atomic E-state index is 0.345. The summed E-state index contributed by atoms with van der Waals surface area (Å²) in [6.07, 6.45) is 1.53. The summed E-state index contributed by atoms with van der Waals surface area (Å²) in [5.41, 5.74) is 1.37. The third-order valence-electron chi connectivity index (χ3n) is 3.95. The molecule has 7 heteroatoms. The second kappa shape index (κ2) is 8.10. The Morgan fingerprint density at radius 2 is 1.92 bits per heavy atom. The van der Waals surface area contributed by atoms with Crippen LogP contribution in [0.4, 0.5) is 0 Å². The minimum atomic E-state index is -0.471. The number of carbonyl (C=O) groups excluding carboxylic acids is 1. The molecule has 6 nitrogen and oxygen atoms in total. The fourth-order valence-corrected chi connectivity index (χ4v) is 2.74. The van der Waals surface area contributed by atoms with Crippen molar-refractivity contribution in [1.82, 2.24) is 4.57 Å². The molecule has 0 aliphatic carbocycles. The Bertz CT molecular complexity index is 958. The van der Waals surface area contributed by atoms with E-state index in [-0.39, 0.29) is 0 Å². The van der Waals surface area contributed by atoms with Gasteiger partial charge >= 0.3 is 11.7 Å². The van der Waals surface area contributed by atoms with Gasteiger partial charge in [-0.25, -0.2) is 9.59 Å². The van der Waals surface area contributed by atoms with E-state index in [1.165, 1.54) is 13.2 Å². The number of oxazole rings is 1. The summed E-state index contributed by atoms with van der Waals surface area (Å²) < 4.78 is 17.1. The van der Waals surface area contributed by atoms with Gasteiger partial charge < -0.3 is 13.9 Å². The smallest absolute Gasteiger partial charge is 0.419 e. The van der Waals surface area contributed by atoms with Crippen LogP contribution in [0, 0.1) is 0 Å². The number of unbranched alkanes of at least 4 members (excludes halogenated alkanes) is 1. The Labute approximate surface area is 154 Å². The SMILES string of the molecule is COC(=O)c1ccc2c(c1)oc(=O)n2CCCCOc1ccc(Cl)cc1. The average molecular weight is 376 g/mol. The van der Waals surface area contributed by atoms with Crippen molar-refractivity contribution >= 4 is 28.7 Å². The molecule has 0 unspecified atom stereocenters. The zero-order valence-corrected chi connectivity index (χ0v) is 15.0. The maximum atomic E-state index is 12.0. The van der Waals surface area contributed by atoms with E-state index in [1.807, 2.05) is 12.1 Å². The molecule has 3 aromatic rings. The third-order valence-corrected chi connectivity index (χ3v) is 4.20. The highest BCUT2D eigenvalue weighted by Gasteiger charge is 2.12. The van der Waals surface area contributed by atoms with Gasteiger partial charge in [-0.05, 0) is 55.3 Å². The van der Waals surface area contributed by atoms with Crippen LogP contribution < -0.4 is 10.5 Å². The summed E-state index contributed by atoms with van der Waals surface area (Å²) >= 11 is 5.83. The average Bonchev–Trinajstić information content (AvgIpc) is 2.96. The number of nitrogens with zero attached hydrogens (tertiary/aromatic N) is 1. The topological polar surface area (TPSA) is 70.7 Å². The second-order valence-corrected chi connectivity index (χ2v) is 6.14. The predicted octanol–water partition coefficient (Wildman–Crippen LogP) is 3.89. The van der Waals surface area contributed by atoms with Gasteiger partial charge in [-0.15, -0.1) is 0 Å². The van der Waals surface area contributed by atoms with Crippen LogP contribution in [-0.2, 0) is 11.3 Å². The van der Waals surface area contributed by atoms with Crippen LogP contribution in [0.5, 0.6) is 5.75 Å². The first kappa shape index (κ1) is 18.1. The van der Waals surface area contributed by atoms with Crippen molar-refractivity contribution in [3.8, 4) is 5.75 Å². The van der Waals surface area contributed by atoms with E-state index in [1.54, 1.807) is 28.8 Å². The summed E-state index contributed by atoms with van der Waals surface area (Å²) in [5.74, 6) is -0.155. The lowest BCUT2D eigenvalue weighted by atomic mass is 10.2. The number of carbonyl (C=O) groups is 1. The van der Waals surface area contributed by atoms with Gasteiger partial charge in [0.1, 0.15) is 5.75 Å². The zero-order valence-electron chi connectivity index (χ0n) is 14.2. The van der Waals surface area contributed by atoms with Crippen molar-refractivity contribution in [2.75, 3.05) is 13.7 Å². The molecule has 3 rings (SSSR count). The third kappa shape index (κ3) is 4.08. The lowest BCUT2D eigenvalue weighted by Crippen LogP contribution is -2.14. The van der Waals surface area contributed by atoms with Crippen molar-refractivity contribution in [3.63, 3.8) is 0 Å². The van der Waals surface area contributed by atoms with Crippen LogP contribution in [0.25, 0.3) is 11.1 Å². The highest BCUT2D eigenvalue weighted by molar-refractivity contribution is 6.30. The molecule has 136 valence electrons. The van der Waals surface area contributed by atoms with Crippen LogP contribution in [0.2, 0.25) is 5.02 Å². The van der Waals surface area contributed by atoms with Gasteiger partial charge in [0.15, 0.2) is 5.58 Å². The molecule has 0 aliphatic heterocycles. The Morgan fingerprint density at radius 3 is 2.65 bits per heavy atom. The standard InChI is InChI=1S/C19H18ClNO5/c1-24-18(22)13-4-9-16-17(12-13)26-19(23)21(16)10-2-3-11-25-15-7-5-14(20)6-8-15/h4-9,12H,2-3,10-11H2,1H3. The van der Waals surface area contributed by atoms with Crippen molar-refractivity contribution in [2.24, 2.45) is 0 Å². The molecule has 2 aromatic carbocycles. The highest BCUT2D eigenvalue weighted by Crippen LogP contribution is 2.17. The number of ether oxygens (including phenoxy) is 2. The van der Waals surface area contributed by atoms with Crippen LogP contribution >= 0.6 is 11.6 Å². The largest absolute Gasteiger partial charge is 0.494 e. The van der Waals surface area contributed by atoms with Crippen LogP contribution in [0.3, 0.4) is 0 Å². The van der Waals surface area contributed by atoms with Crippen LogP contribution in [0.15, 0.2) is 51.7 Å². The first-order valence-corrected chi connectivity index (χ1v) is 8.56. The van der Waals surface area contributed by atoms with Gasteiger partial charge in [0, 0.05) is 11.6 Å². The molecule has 0 aliphatic rings. The van der Waals surface area contributed by atoms with Gasteiger partial charge in [0.05, 0.1) is 24.8 Å². The molecule has 1 aromatic heterocycles. The number of halogens is 1. The van der Waals surface area contributed by atoms with Crippen molar-refractivity contribution in [3.05, 3.63) is 63.6 Å². The van der Waals surface area contributed by atoms with Gasteiger partial charge in [0.25, 0.3) is 0 Å². The molecule has 0 atom stereocenters. The Hall–Kier alpha value is -2.73. The van der Waals surface area contributed by atoms with E-state index in [0.29, 0.717) is 34.8 Å². The lowest BCUT2D eigenvalue weighted by molar-refractivity contribution is 0.0600. The van der Waals surface area contributed by atoms with E-state index in [9.17, 15) is 9.59 Å². The first-order chi connectivity index (χ1) is 12.6. The van der Waals surface area contributed by atoms with Crippen molar-refractivity contribution in [2.45, 2.75) is 19.4 Å². The van der Waals surface area contributed by atoms with Gasteiger partial charge in [-0.3, -0.25) is 4.57 Å². The van der Waals surface area contributed by atoms with Crippen LogP contribution in [0.1, 0.15) is 23.2 Å². The fourth-order valence-electron chi connectivity index (χ4n) is 2.62. The predicted molar refractivity (Wildman–Crippen MR) is 98.0 cm³/mol. The minimum Gasteiger partial charge on any atom is -0.494 e. The fraction of sp³-hybridized carbons (Fsp3) is 0.263. The summed E-state index contributed by atoms with van der Waals surface area (Å²) in [4.78, 5) is 23.6. The molecule has 0 bridgehead atoms. The number of aryl methyl sites for hydroxylation is 1. The van der Waals surface area contributed by atoms with E-state index in [4.69, 9.17) is 20.8 Å². The summed E-state index contributed by atoms with van der Waals surface area (Å²) in [5, 5.41) is 0.666. The summed E-state index contributed by atoms with van der Waals surface area (Å²) in [6.45, 7) is 1.05. The maximum absolute atomic E-state index is 12.0. The number of esters is 1. The molecule has 0 amide bonds. The number of aromatic nitrogens is 1. The van der Waals surface area contributed by atoms with E-state index < -0.39 is 11.7 Å². The molecule has 0 N–H and O–H groups in total. The Kier molecular flexibility index (Phi) is 5.63. The molecule has 0 radical (unpaired) electrons. The van der Waals surface area contributed by atoms with E-state index in [2.05, 4.69) is 4.74 Å². The second-order valence-electron chi connectivity index (χ2n) is 5.70. The number of rotatable bonds is 7. The maximum Gasteiger partial charge on any atom is 0.419 e. The normalized spacial score (nSPS) is 10.8. The Morgan fingerprint density at radius 1 is 1.15 bits per heavy atom. The van der Waals surface area contributed by atoms with Gasteiger partial charge in [-0.2, -0.15) is 0 Å². The lowest BCUT2D eigenvalue weighted by Gasteiger charge is -2.06. The first-order valence-electron chi connectivity index (χ1n) is 8.18. The molecule has 0 spiro atoms. The van der Waals surface area contributed by atoms with Gasteiger partial charge in [0.2, 0.25) is 0 Å². The summed E-state index contributed by atoms with van der Waals surface area (Å²) in [7, 11) is 1.31. The summed E-state index contributed by atoms with van der Waals surface area (Å²) in [6, 6.07) is 12.0. The molecular weight excluding hydrogens is 358 g/mol. The molecule has 0 saturated carbocycles. The number of methoxy groups -OCH3 is 1. The monoisotopic (exact) mass is 375 g/mol. The van der Waals surface area contributed by atoms with Crippen LogP contribution in [-0.4, -0.2) is 24.3 Å². The molecular formula is C19H18ClNO5. The molecule has 1 heterocycles. The highest BCUT2D eigenvalue weighted by atomic mass is 35.5. The van der Waals surface area contributed by atoms with Crippen molar-refractivity contribution in [1.29, 1.82) is 0 Å². The number of fused-ring (bicyclic) bond motifs is 1. The van der Waals surface area contributed by atoms with Gasteiger partial charge in [-0.1, -0.05) is 11.6 Å². The van der Waals surface area contributed by atoms with E-state index >= 15 is 0 Å². The molecule has 0 saturated heterocycles. The zero-order chi connectivity index (χ0) is 18.5. The Balaban J connectivity index is 1.58.